The summed E-state index contributed by atoms with van der Waals surface area (Å²) in [4.78, 5) is 51.2. The van der Waals surface area contributed by atoms with Gasteiger partial charge in [0.05, 0.1) is 0 Å². The summed E-state index contributed by atoms with van der Waals surface area (Å²) in [6.07, 6.45) is 12.2. The molecule has 5 rings (SSSR count). The molecular weight excluding hydrogens is 420 g/mol. The molecule has 3 N–H and O–H groups in total. The normalized spacial score (nSPS) is 38.8. The van der Waals surface area contributed by atoms with Crippen molar-refractivity contribution in [1.82, 2.24) is 20.9 Å². The molecule has 2 heterocycles. The van der Waals surface area contributed by atoms with Crippen molar-refractivity contribution in [2.45, 2.75) is 89.1 Å². The summed E-state index contributed by atoms with van der Waals surface area (Å²) in [5.41, 5.74) is 0. The standard InChI is InChI=1S/C25H38N4O4/c30-22-11-10-21(23(31)28-22)29-14-17-9-8-15(12-19(17)24(29)32)13-26-25(33)27-20-7-3-5-16-4-1-2-6-18(16)20/h15-21H,1-14H2,(H2,26,27,33)(H,28,30,31). The second kappa shape index (κ2) is 9.63. The highest BCUT2D eigenvalue weighted by atomic mass is 16.2. The quantitative estimate of drug-likeness (QED) is 0.562. The van der Waals surface area contributed by atoms with Crippen molar-refractivity contribution in [1.29, 1.82) is 0 Å². The fourth-order valence-electron chi connectivity index (χ4n) is 7.42. The molecule has 2 saturated heterocycles. The Morgan fingerprint density at radius 2 is 1.76 bits per heavy atom. The van der Waals surface area contributed by atoms with Crippen LogP contribution in [0, 0.1) is 29.6 Å². The smallest absolute Gasteiger partial charge is 0.315 e. The van der Waals surface area contributed by atoms with Crippen LogP contribution in [0.1, 0.15) is 77.0 Å². The molecule has 0 aromatic heterocycles. The zero-order valence-electron chi connectivity index (χ0n) is 19.5. The highest BCUT2D eigenvalue weighted by molar-refractivity contribution is 6.02. The Kier molecular flexibility index (Phi) is 6.61. The third-order valence-electron chi connectivity index (χ3n) is 9.16. The van der Waals surface area contributed by atoms with E-state index < -0.39 is 6.04 Å². The van der Waals surface area contributed by atoms with E-state index in [1.807, 2.05) is 0 Å². The molecule has 0 aromatic rings. The first-order valence-electron chi connectivity index (χ1n) is 13.2. The number of nitrogens with zero attached hydrogens (tertiary/aromatic N) is 1. The van der Waals surface area contributed by atoms with Crippen LogP contribution in [-0.4, -0.2) is 53.8 Å². The SMILES string of the molecule is O=C1CCC(N2CC3CCC(CNC(=O)NC4CCCC5CCCCC54)CC3C2=O)C(=O)N1. The van der Waals surface area contributed by atoms with E-state index in [0.29, 0.717) is 37.9 Å². The molecule has 7 atom stereocenters. The van der Waals surface area contributed by atoms with Gasteiger partial charge in [0.25, 0.3) is 0 Å². The maximum Gasteiger partial charge on any atom is 0.315 e. The second-order valence-corrected chi connectivity index (χ2v) is 11.1. The fourth-order valence-corrected chi connectivity index (χ4v) is 7.42. The number of imide groups is 1. The number of urea groups is 1. The van der Waals surface area contributed by atoms with E-state index in [9.17, 15) is 19.2 Å². The second-order valence-electron chi connectivity index (χ2n) is 11.1. The molecule has 33 heavy (non-hydrogen) atoms. The fraction of sp³-hybridized carbons (Fsp3) is 0.840. The van der Waals surface area contributed by atoms with Crippen LogP contribution >= 0.6 is 0 Å². The first-order chi connectivity index (χ1) is 16.0. The molecule has 182 valence electrons. The van der Waals surface area contributed by atoms with Gasteiger partial charge in [-0.05, 0) is 62.2 Å². The van der Waals surface area contributed by atoms with Gasteiger partial charge in [-0.3, -0.25) is 19.7 Å². The largest absolute Gasteiger partial charge is 0.338 e. The van der Waals surface area contributed by atoms with Crippen LogP contribution in [0.4, 0.5) is 4.79 Å². The molecule has 2 aliphatic heterocycles. The predicted molar refractivity (Wildman–Crippen MR) is 122 cm³/mol. The lowest BCUT2D eigenvalue weighted by molar-refractivity contribution is -0.145. The summed E-state index contributed by atoms with van der Waals surface area (Å²) in [6.45, 7) is 1.21. The first kappa shape index (κ1) is 22.7. The van der Waals surface area contributed by atoms with Crippen molar-refractivity contribution in [2.24, 2.45) is 29.6 Å². The average Bonchev–Trinajstić information content (AvgIpc) is 3.13. The number of fused-ring (bicyclic) bond motifs is 2. The number of hydrogen-bond donors (Lipinski definition) is 3. The molecule has 8 nitrogen and oxygen atoms in total. The van der Waals surface area contributed by atoms with E-state index in [1.54, 1.807) is 4.90 Å². The predicted octanol–water partition coefficient (Wildman–Crippen LogP) is 2.32. The lowest BCUT2D eigenvalue weighted by atomic mass is 9.68. The molecule has 3 aliphatic carbocycles. The lowest BCUT2D eigenvalue weighted by Crippen LogP contribution is -2.53. The van der Waals surface area contributed by atoms with Gasteiger partial charge >= 0.3 is 6.03 Å². The van der Waals surface area contributed by atoms with E-state index in [1.165, 1.54) is 38.5 Å². The number of carbonyl (C=O) groups excluding carboxylic acids is 4. The Bertz CT molecular complexity index is 799. The number of rotatable bonds is 4. The summed E-state index contributed by atoms with van der Waals surface area (Å²) in [5.74, 6) is 1.38. The van der Waals surface area contributed by atoms with Gasteiger partial charge in [0.2, 0.25) is 17.7 Å². The lowest BCUT2D eigenvalue weighted by Gasteiger charge is -2.41. The molecule has 0 radical (unpaired) electrons. The topological polar surface area (TPSA) is 108 Å². The van der Waals surface area contributed by atoms with E-state index in [-0.39, 0.29) is 41.5 Å². The highest BCUT2D eigenvalue weighted by Crippen LogP contribution is 2.42. The Labute approximate surface area is 196 Å². The molecule has 5 aliphatic rings. The minimum absolute atomic E-state index is 0.0502. The molecule has 5 amide bonds. The van der Waals surface area contributed by atoms with Crippen molar-refractivity contribution in [3.63, 3.8) is 0 Å². The average molecular weight is 459 g/mol. The van der Waals surface area contributed by atoms with Gasteiger partial charge in [-0.2, -0.15) is 0 Å². The minimum atomic E-state index is -0.512. The Balaban J connectivity index is 1.10. The van der Waals surface area contributed by atoms with Gasteiger partial charge in [-0.1, -0.05) is 32.1 Å². The van der Waals surface area contributed by atoms with Gasteiger partial charge in [0.15, 0.2) is 0 Å². The summed E-state index contributed by atoms with van der Waals surface area (Å²) in [6, 6.07) is -0.267. The van der Waals surface area contributed by atoms with Crippen LogP contribution in [-0.2, 0) is 14.4 Å². The van der Waals surface area contributed by atoms with Crippen molar-refractivity contribution in [3.05, 3.63) is 0 Å². The van der Waals surface area contributed by atoms with Crippen LogP contribution < -0.4 is 16.0 Å². The van der Waals surface area contributed by atoms with Crippen molar-refractivity contribution in [2.75, 3.05) is 13.1 Å². The highest BCUT2D eigenvalue weighted by Gasteiger charge is 2.48. The van der Waals surface area contributed by atoms with Crippen molar-refractivity contribution >= 4 is 23.8 Å². The minimum Gasteiger partial charge on any atom is -0.338 e. The van der Waals surface area contributed by atoms with Crippen LogP contribution in [0.2, 0.25) is 0 Å². The molecule has 0 aromatic carbocycles. The van der Waals surface area contributed by atoms with Gasteiger partial charge in [0.1, 0.15) is 6.04 Å². The van der Waals surface area contributed by atoms with E-state index in [0.717, 1.165) is 31.6 Å². The summed E-state index contributed by atoms with van der Waals surface area (Å²) >= 11 is 0. The number of likely N-dealkylation sites (tertiary alicyclic amines) is 1. The van der Waals surface area contributed by atoms with E-state index >= 15 is 0 Å². The monoisotopic (exact) mass is 458 g/mol. The van der Waals surface area contributed by atoms with Crippen LogP contribution in [0.15, 0.2) is 0 Å². The van der Waals surface area contributed by atoms with Gasteiger partial charge in [0, 0.05) is 31.5 Å². The summed E-state index contributed by atoms with van der Waals surface area (Å²) < 4.78 is 0. The number of carbonyl (C=O) groups is 4. The third-order valence-corrected chi connectivity index (χ3v) is 9.16. The maximum absolute atomic E-state index is 13.1. The summed E-state index contributed by atoms with van der Waals surface area (Å²) in [7, 11) is 0. The third kappa shape index (κ3) is 4.76. The molecule has 8 heteroatoms. The van der Waals surface area contributed by atoms with Gasteiger partial charge in [-0.15, -0.1) is 0 Å². The molecular formula is C25H38N4O4. The van der Waals surface area contributed by atoms with Crippen LogP contribution in [0.3, 0.4) is 0 Å². The van der Waals surface area contributed by atoms with Gasteiger partial charge in [-0.25, -0.2) is 4.79 Å². The molecule has 0 bridgehead atoms. The molecule has 7 unspecified atom stereocenters. The number of hydrogen-bond acceptors (Lipinski definition) is 4. The Hall–Kier alpha value is -2.12. The van der Waals surface area contributed by atoms with Crippen LogP contribution in [0.5, 0.6) is 0 Å². The number of amides is 5. The van der Waals surface area contributed by atoms with E-state index in [2.05, 4.69) is 16.0 Å². The zero-order valence-corrected chi connectivity index (χ0v) is 19.5. The maximum atomic E-state index is 13.1. The Morgan fingerprint density at radius 3 is 2.61 bits per heavy atom. The zero-order chi connectivity index (χ0) is 22.9. The Morgan fingerprint density at radius 1 is 0.939 bits per heavy atom. The van der Waals surface area contributed by atoms with Crippen LogP contribution in [0.25, 0.3) is 0 Å². The molecule has 0 spiro atoms. The first-order valence-corrected chi connectivity index (χ1v) is 13.2. The number of piperidine rings is 1. The summed E-state index contributed by atoms with van der Waals surface area (Å²) in [5, 5.41) is 8.75. The molecule has 3 saturated carbocycles. The number of nitrogens with one attached hydrogen (secondary N) is 3. The van der Waals surface area contributed by atoms with E-state index in [4.69, 9.17) is 0 Å². The van der Waals surface area contributed by atoms with Crippen molar-refractivity contribution < 1.29 is 19.2 Å². The van der Waals surface area contributed by atoms with Crippen molar-refractivity contribution in [3.8, 4) is 0 Å². The molecule has 5 fully saturated rings. The van der Waals surface area contributed by atoms with Gasteiger partial charge < -0.3 is 15.5 Å².